The first-order valence-electron chi connectivity index (χ1n) is 4.68. The van der Waals surface area contributed by atoms with Crippen LogP contribution in [0.1, 0.15) is 40.0 Å². The number of hydrogen-bond donors (Lipinski definition) is 0. The van der Waals surface area contributed by atoms with Crippen LogP contribution < -0.4 is 0 Å². The summed E-state index contributed by atoms with van der Waals surface area (Å²) in [7, 11) is 0. The Bertz CT molecular complexity index is 47.5. The first-order valence-corrected chi connectivity index (χ1v) is 10.7. The third-order valence-electron chi connectivity index (χ3n) is 1.81. The standard InChI is InChI=1S/3C3H7.Sb.H/c3*1-3-2;;/h3*1,3H2,2H3;;. The molecule has 0 fully saturated rings. The molecule has 63 valence electrons. The van der Waals surface area contributed by atoms with Crippen molar-refractivity contribution in [3.8, 4) is 0 Å². The van der Waals surface area contributed by atoms with Gasteiger partial charge >= 0.3 is 73.3 Å². The zero-order valence-corrected chi connectivity index (χ0v) is 10.6. The Kier molecular flexibility index (Phi) is 8.57. The Balaban J connectivity index is 3.30. The zero-order valence-electron chi connectivity index (χ0n) is 7.74. The summed E-state index contributed by atoms with van der Waals surface area (Å²) in [5.74, 6) is 0. The van der Waals surface area contributed by atoms with Crippen LogP contribution in [0.15, 0.2) is 0 Å². The van der Waals surface area contributed by atoms with E-state index in [2.05, 4.69) is 20.8 Å². The van der Waals surface area contributed by atoms with Gasteiger partial charge in [-0.2, -0.15) is 0 Å². The first kappa shape index (κ1) is 10.8. The molecule has 0 N–H and O–H groups in total. The Morgan fingerprint density at radius 3 is 1.20 bits per heavy atom. The molecule has 0 saturated heterocycles. The van der Waals surface area contributed by atoms with Crippen molar-refractivity contribution in [2.24, 2.45) is 0 Å². The van der Waals surface area contributed by atoms with Gasteiger partial charge in [0.2, 0.25) is 0 Å². The van der Waals surface area contributed by atoms with Crippen molar-refractivity contribution in [2.75, 3.05) is 0 Å². The third-order valence-corrected chi connectivity index (χ3v) is 12.1. The van der Waals surface area contributed by atoms with Crippen LogP contribution in [0.4, 0.5) is 0 Å². The van der Waals surface area contributed by atoms with E-state index < -0.39 is 20.2 Å². The van der Waals surface area contributed by atoms with Crippen LogP contribution in [0, 0.1) is 0 Å². The van der Waals surface area contributed by atoms with Crippen molar-refractivity contribution in [1.82, 2.24) is 0 Å². The molecule has 1 heteroatoms. The monoisotopic (exact) mass is 251 g/mol. The molecular formula is C9H22Sb. The molecule has 0 heterocycles. The van der Waals surface area contributed by atoms with E-state index >= 15 is 0 Å². The van der Waals surface area contributed by atoms with E-state index in [4.69, 9.17) is 0 Å². The van der Waals surface area contributed by atoms with E-state index in [1.165, 1.54) is 19.3 Å². The quantitative estimate of drug-likeness (QED) is 0.635. The molecule has 0 bridgehead atoms. The molecule has 0 unspecified atom stereocenters. The fraction of sp³-hybridized carbons (Fsp3) is 1.00. The molecule has 0 rings (SSSR count). The Morgan fingerprint density at radius 1 is 0.700 bits per heavy atom. The molecule has 0 nitrogen and oxygen atoms in total. The van der Waals surface area contributed by atoms with Gasteiger partial charge in [-0.3, -0.25) is 0 Å². The van der Waals surface area contributed by atoms with Gasteiger partial charge in [0.1, 0.15) is 0 Å². The molecule has 1 radical (unpaired) electrons. The number of rotatable bonds is 6. The van der Waals surface area contributed by atoms with Crippen LogP contribution in [0.5, 0.6) is 0 Å². The molecule has 0 atom stereocenters. The molecule has 0 aromatic rings. The second-order valence-corrected chi connectivity index (χ2v) is 11.6. The fourth-order valence-electron chi connectivity index (χ4n) is 1.44. The zero-order chi connectivity index (χ0) is 7.82. The van der Waals surface area contributed by atoms with Crippen LogP contribution in [-0.2, 0) is 0 Å². The molecule has 0 aliphatic carbocycles. The summed E-state index contributed by atoms with van der Waals surface area (Å²) in [5, 5.41) is 0. The van der Waals surface area contributed by atoms with Crippen molar-refractivity contribution >= 4 is 20.2 Å². The third kappa shape index (κ3) is 5.59. The molecule has 0 saturated carbocycles. The van der Waals surface area contributed by atoms with E-state index in [0.29, 0.717) is 0 Å². The van der Waals surface area contributed by atoms with E-state index in [-0.39, 0.29) is 0 Å². The summed E-state index contributed by atoms with van der Waals surface area (Å²) >= 11 is -0.759. The van der Waals surface area contributed by atoms with Crippen molar-refractivity contribution in [1.29, 1.82) is 0 Å². The average Bonchev–Trinajstić information content (AvgIpc) is 1.90. The molecule has 0 aliphatic heterocycles. The van der Waals surface area contributed by atoms with Gasteiger partial charge < -0.3 is 0 Å². The van der Waals surface area contributed by atoms with Gasteiger partial charge in [-0.1, -0.05) is 0 Å². The van der Waals surface area contributed by atoms with Gasteiger partial charge in [-0.15, -0.1) is 0 Å². The fourth-order valence-corrected chi connectivity index (χ4v) is 9.63. The van der Waals surface area contributed by atoms with E-state index in [9.17, 15) is 0 Å². The van der Waals surface area contributed by atoms with Crippen LogP contribution in [-0.4, -0.2) is 20.2 Å². The van der Waals surface area contributed by atoms with Gasteiger partial charge in [0.05, 0.1) is 0 Å². The SMILES string of the molecule is CC[CH2][SbH]([CH2]CC)[CH2]CC. The number of hydrogen-bond acceptors (Lipinski definition) is 0. The van der Waals surface area contributed by atoms with Crippen molar-refractivity contribution < 1.29 is 0 Å². The summed E-state index contributed by atoms with van der Waals surface area (Å²) in [5.41, 5.74) is 0. The topological polar surface area (TPSA) is 0 Å². The van der Waals surface area contributed by atoms with Crippen molar-refractivity contribution in [3.05, 3.63) is 0 Å². The van der Waals surface area contributed by atoms with Crippen molar-refractivity contribution in [2.45, 2.75) is 53.1 Å². The molecule has 10 heavy (non-hydrogen) atoms. The first-order chi connectivity index (χ1) is 4.85. The maximum atomic E-state index is 2.34. The van der Waals surface area contributed by atoms with Crippen molar-refractivity contribution in [3.63, 3.8) is 0 Å². The second kappa shape index (κ2) is 7.92. The second-order valence-electron chi connectivity index (χ2n) is 3.00. The van der Waals surface area contributed by atoms with Crippen LogP contribution in [0.25, 0.3) is 0 Å². The maximum absolute atomic E-state index is 2.34. The normalized spacial score (nSPS) is 10.8. The molecule has 0 aliphatic rings. The summed E-state index contributed by atoms with van der Waals surface area (Å²) < 4.78 is 4.93. The van der Waals surface area contributed by atoms with Gasteiger partial charge in [0.25, 0.3) is 0 Å². The summed E-state index contributed by atoms with van der Waals surface area (Å²) in [4.78, 5) is 0. The van der Waals surface area contributed by atoms with Gasteiger partial charge in [-0.25, -0.2) is 0 Å². The Morgan fingerprint density at radius 2 is 1.00 bits per heavy atom. The molecule has 0 aromatic heterocycles. The van der Waals surface area contributed by atoms with Crippen LogP contribution in [0.2, 0.25) is 13.1 Å². The Hall–Kier alpha value is 0.818. The predicted molar refractivity (Wildman–Crippen MR) is 52.4 cm³/mol. The minimum atomic E-state index is -0.759. The molecule has 0 aromatic carbocycles. The predicted octanol–water partition coefficient (Wildman–Crippen LogP) is 3.44. The average molecular weight is 252 g/mol. The summed E-state index contributed by atoms with van der Waals surface area (Å²) in [6, 6.07) is 0. The van der Waals surface area contributed by atoms with E-state index in [1.807, 2.05) is 0 Å². The van der Waals surface area contributed by atoms with Crippen LogP contribution in [0.3, 0.4) is 0 Å². The Labute approximate surface area is 73.4 Å². The van der Waals surface area contributed by atoms with Gasteiger partial charge in [0.15, 0.2) is 0 Å². The molecule has 0 spiro atoms. The minimum absolute atomic E-state index is 0.759. The van der Waals surface area contributed by atoms with E-state index in [1.54, 1.807) is 13.1 Å². The summed E-state index contributed by atoms with van der Waals surface area (Å²) in [6.07, 6.45) is 4.36. The van der Waals surface area contributed by atoms with E-state index in [0.717, 1.165) is 0 Å². The molecular weight excluding hydrogens is 230 g/mol. The summed E-state index contributed by atoms with van der Waals surface area (Å²) in [6.45, 7) is 7.02. The van der Waals surface area contributed by atoms with Crippen LogP contribution >= 0.6 is 0 Å². The van der Waals surface area contributed by atoms with Gasteiger partial charge in [-0.05, 0) is 0 Å². The molecule has 0 amide bonds. The van der Waals surface area contributed by atoms with Gasteiger partial charge in [0, 0.05) is 0 Å².